The molecule has 0 amide bonds. The van der Waals surface area contributed by atoms with Crippen molar-refractivity contribution in [2.24, 2.45) is 11.8 Å². The zero-order chi connectivity index (χ0) is 38.3. The second-order valence-electron chi connectivity index (χ2n) is 16.6. The van der Waals surface area contributed by atoms with Crippen molar-refractivity contribution in [3.63, 3.8) is 0 Å². The van der Waals surface area contributed by atoms with Crippen molar-refractivity contribution >= 4 is 17.9 Å². The molecule has 0 saturated heterocycles. The summed E-state index contributed by atoms with van der Waals surface area (Å²) in [7, 11) is 0. The number of unbranched alkanes of at least 4 members (excludes halogenated alkanes) is 25. The fourth-order valence-corrected chi connectivity index (χ4v) is 6.75. The summed E-state index contributed by atoms with van der Waals surface area (Å²) in [5.41, 5.74) is 0. The van der Waals surface area contributed by atoms with E-state index >= 15 is 0 Å². The van der Waals surface area contributed by atoms with Gasteiger partial charge >= 0.3 is 17.9 Å². The van der Waals surface area contributed by atoms with Crippen LogP contribution in [0.15, 0.2) is 0 Å². The number of ether oxygens (including phenoxy) is 3. The zero-order valence-corrected chi connectivity index (χ0v) is 35.4. The van der Waals surface area contributed by atoms with Crippen LogP contribution in [0, 0.1) is 11.8 Å². The fraction of sp³-hybridized carbons (Fsp3) is 0.935. The molecule has 0 rings (SSSR count). The van der Waals surface area contributed by atoms with E-state index in [-0.39, 0.29) is 31.1 Å². The van der Waals surface area contributed by atoms with E-state index in [0.29, 0.717) is 19.3 Å². The Kier molecular flexibility index (Phi) is 37.9. The highest BCUT2D eigenvalue weighted by molar-refractivity contribution is 5.71. The SMILES string of the molecule is CCCCCCCCCCCCCC(=O)O[C@@H](COC(=O)CCCCCCCCCCCCC(C)C)COC(=O)CCCCCCCCCC(C)C. The van der Waals surface area contributed by atoms with E-state index in [2.05, 4.69) is 34.6 Å². The molecule has 1 atom stereocenters. The molecule has 0 aliphatic carbocycles. The predicted octanol–water partition coefficient (Wildman–Crippen LogP) is 14.2. The highest BCUT2D eigenvalue weighted by atomic mass is 16.6. The number of hydrogen-bond donors (Lipinski definition) is 0. The molecule has 0 N–H and O–H groups in total. The Labute approximate surface area is 323 Å². The molecule has 52 heavy (non-hydrogen) atoms. The van der Waals surface area contributed by atoms with Crippen LogP contribution in [0.1, 0.15) is 247 Å². The maximum atomic E-state index is 12.7. The molecule has 0 heterocycles. The molecule has 0 aromatic carbocycles. The van der Waals surface area contributed by atoms with E-state index in [9.17, 15) is 14.4 Å². The van der Waals surface area contributed by atoms with Crippen molar-refractivity contribution in [1.29, 1.82) is 0 Å². The number of hydrogen-bond acceptors (Lipinski definition) is 6. The Bertz CT molecular complexity index is 794. The van der Waals surface area contributed by atoms with Crippen LogP contribution in [-0.2, 0) is 28.6 Å². The smallest absolute Gasteiger partial charge is 0.306 e. The first-order valence-corrected chi connectivity index (χ1v) is 22.7. The Morgan fingerprint density at radius 3 is 0.942 bits per heavy atom. The number of carbonyl (C=O) groups excluding carboxylic acids is 3. The summed E-state index contributed by atoms with van der Waals surface area (Å²) in [6.45, 7) is 11.3. The highest BCUT2D eigenvalue weighted by Gasteiger charge is 2.19. The molecule has 0 aromatic heterocycles. The Balaban J connectivity index is 4.33. The molecule has 0 aliphatic rings. The summed E-state index contributed by atoms with van der Waals surface area (Å²) in [4.78, 5) is 37.7. The summed E-state index contributed by atoms with van der Waals surface area (Å²) < 4.78 is 16.7. The van der Waals surface area contributed by atoms with Gasteiger partial charge in [-0.2, -0.15) is 0 Å². The second-order valence-corrected chi connectivity index (χ2v) is 16.6. The van der Waals surface area contributed by atoms with Gasteiger partial charge in [-0.1, -0.05) is 208 Å². The zero-order valence-electron chi connectivity index (χ0n) is 35.4. The molecule has 0 fully saturated rings. The maximum Gasteiger partial charge on any atom is 0.306 e. The van der Waals surface area contributed by atoms with Gasteiger partial charge < -0.3 is 14.2 Å². The molecule has 0 unspecified atom stereocenters. The first-order valence-electron chi connectivity index (χ1n) is 22.7. The van der Waals surface area contributed by atoms with E-state index in [1.807, 2.05) is 0 Å². The summed E-state index contributed by atoms with van der Waals surface area (Å²) >= 11 is 0. The topological polar surface area (TPSA) is 78.9 Å². The van der Waals surface area contributed by atoms with Crippen LogP contribution in [0.2, 0.25) is 0 Å². The fourth-order valence-electron chi connectivity index (χ4n) is 6.75. The lowest BCUT2D eigenvalue weighted by atomic mass is 10.0. The number of esters is 3. The standard InChI is InChI=1S/C46H88O6/c1-6-7-8-9-10-11-12-17-22-28-33-38-46(49)52-43(40-51-45(48)37-32-27-23-18-20-25-30-35-42(4)5)39-50-44(47)36-31-26-21-16-14-13-15-19-24-29-34-41(2)3/h41-43H,6-40H2,1-5H3/t43-/m0/s1. The molecular weight excluding hydrogens is 648 g/mol. The summed E-state index contributed by atoms with van der Waals surface area (Å²) in [6.07, 6.45) is 36.6. The largest absolute Gasteiger partial charge is 0.462 e. The van der Waals surface area contributed by atoms with Crippen LogP contribution >= 0.6 is 0 Å². The van der Waals surface area contributed by atoms with Gasteiger partial charge in [0.05, 0.1) is 0 Å². The van der Waals surface area contributed by atoms with Gasteiger partial charge in [0, 0.05) is 19.3 Å². The van der Waals surface area contributed by atoms with Gasteiger partial charge in [0.25, 0.3) is 0 Å². The molecule has 0 aromatic rings. The third-order valence-electron chi connectivity index (χ3n) is 10.2. The lowest BCUT2D eigenvalue weighted by molar-refractivity contribution is -0.167. The van der Waals surface area contributed by atoms with Crippen LogP contribution in [0.25, 0.3) is 0 Å². The minimum Gasteiger partial charge on any atom is -0.462 e. The first-order chi connectivity index (χ1) is 25.2. The van der Waals surface area contributed by atoms with Gasteiger partial charge in [0.15, 0.2) is 6.10 Å². The molecule has 6 heteroatoms. The van der Waals surface area contributed by atoms with Gasteiger partial charge in [0.2, 0.25) is 0 Å². The average molecular weight is 737 g/mol. The van der Waals surface area contributed by atoms with Gasteiger partial charge in [0.1, 0.15) is 13.2 Å². The normalized spacial score (nSPS) is 12.1. The van der Waals surface area contributed by atoms with Crippen LogP contribution in [0.5, 0.6) is 0 Å². The lowest BCUT2D eigenvalue weighted by Crippen LogP contribution is -2.30. The minimum absolute atomic E-state index is 0.0654. The van der Waals surface area contributed by atoms with E-state index < -0.39 is 6.10 Å². The van der Waals surface area contributed by atoms with Crippen LogP contribution in [-0.4, -0.2) is 37.2 Å². The molecule has 0 bridgehead atoms. The van der Waals surface area contributed by atoms with Gasteiger partial charge in [-0.3, -0.25) is 14.4 Å². The van der Waals surface area contributed by atoms with Crippen LogP contribution < -0.4 is 0 Å². The Hall–Kier alpha value is -1.59. The van der Waals surface area contributed by atoms with E-state index in [1.54, 1.807) is 0 Å². The third kappa shape index (κ3) is 39.6. The molecule has 0 radical (unpaired) electrons. The average Bonchev–Trinajstić information content (AvgIpc) is 3.11. The molecule has 0 aliphatic heterocycles. The van der Waals surface area contributed by atoms with Gasteiger partial charge in [-0.15, -0.1) is 0 Å². The van der Waals surface area contributed by atoms with Crippen molar-refractivity contribution in [2.75, 3.05) is 13.2 Å². The third-order valence-corrected chi connectivity index (χ3v) is 10.2. The predicted molar refractivity (Wildman–Crippen MR) is 220 cm³/mol. The summed E-state index contributed by atoms with van der Waals surface area (Å²) in [5.74, 6) is 0.739. The summed E-state index contributed by atoms with van der Waals surface area (Å²) in [5, 5.41) is 0. The van der Waals surface area contributed by atoms with E-state index in [4.69, 9.17) is 14.2 Å². The van der Waals surface area contributed by atoms with Gasteiger partial charge in [-0.25, -0.2) is 0 Å². The van der Waals surface area contributed by atoms with E-state index in [0.717, 1.165) is 69.6 Å². The lowest BCUT2D eigenvalue weighted by Gasteiger charge is -2.18. The second kappa shape index (κ2) is 39.1. The number of carbonyl (C=O) groups is 3. The Morgan fingerprint density at radius 2 is 0.635 bits per heavy atom. The highest BCUT2D eigenvalue weighted by Crippen LogP contribution is 2.16. The quantitative estimate of drug-likeness (QED) is 0.0354. The van der Waals surface area contributed by atoms with Crippen molar-refractivity contribution < 1.29 is 28.6 Å². The molecule has 308 valence electrons. The maximum absolute atomic E-state index is 12.7. The molecule has 6 nitrogen and oxygen atoms in total. The minimum atomic E-state index is -0.760. The molecule has 0 saturated carbocycles. The summed E-state index contributed by atoms with van der Waals surface area (Å²) in [6, 6.07) is 0. The van der Waals surface area contributed by atoms with Crippen molar-refractivity contribution in [3.05, 3.63) is 0 Å². The monoisotopic (exact) mass is 737 g/mol. The van der Waals surface area contributed by atoms with Crippen LogP contribution in [0.3, 0.4) is 0 Å². The molecular formula is C46H88O6. The number of rotatable bonds is 40. The van der Waals surface area contributed by atoms with Crippen LogP contribution in [0.4, 0.5) is 0 Å². The van der Waals surface area contributed by atoms with Crippen molar-refractivity contribution in [1.82, 2.24) is 0 Å². The van der Waals surface area contributed by atoms with Crippen molar-refractivity contribution in [3.8, 4) is 0 Å². The molecule has 0 spiro atoms. The van der Waals surface area contributed by atoms with Crippen molar-refractivity contribution in [2.45, 2.75) is 253 Å². The van der Waals surface area contributed by atoms with Gasteiger partial charge in [-0.05, 0) is 31.1 Å². The Morgan fingerprint density at radius 1 is 0.365 bits per heavy atom. The first kappa shape index (κ1) is 50.4. The van der Waals surface area contributed by atoms with E-state index in [1.165, 1.54) is 135 Å².